The third-order valence-electron chi connectivity index (χ3n) is 1.98. The summed E-state index contributed by atoms with van der Waals surface area (Å²) in [6.45, 7) is 0.0925. The van der Waals surface area contributed by atoms with Crippen LogP contribution in [-0.4, -0.2) is 38.8 Å². The van der Waals surface area contributed by atoms with Crippen molar-refractivity contribution in [3.8, 4) is 5.75 Å². The van der Waals surface area contributed by atoms with Gasteiger partial charge >= 0.3 is 0 Å². The lowest BCUT2D eigenvalue weighted by atomic mass is 10.2. The molecule has 1 amide bonds. The number of hydrogen-bond donors (Lipinski definition) is 3. The van der Waals surface area contributed by atoms with Gasteiger partial charge < -0.3 is 10.4 Å². The van der Waals surface area contributed by atoms with Gasteiger partial charge in [-0.2, -0.15) is 0 Å². The maximum absolute atomic E-state index is 12.7. The van der Waals surface area contributed by atoms with Gasteiger partial charge in [-0.1, -0.05) is 0 Å². The normalized spacial score (nSPS) is 11.2. The van der Waals surface area contributed by atoms with Crippen LogP contribution in [0.5, 0.6) is 5.75 Å². The molecule has 0 spiro atoms. The third-order valence-corrected chi connectivity index (χ3v) is 2.71. The molecule has 0 bridgehead atoms. The van der Waals surface area contributed by atoms with Crippen molar-refractivity contribution in [1.82, 2.24) is 10.0 Å². The summed E-state index contributed by atoms with van der Waals surface area (Å²) >= 11 is 0. The van der Waals surface area contributed by atoms with Gasteiger partial charge in [-0.15, -0.1) is 0 Å². The summed E-state index contributed by atoms with van der Waals surface area (Å²) in [6.07, 6.45) is 1.00. The summed E-state index contributed by atoms with van der Waals surface area (Å²) in [7, 11) is -3.30. The lowest BCUT2D eigenvalue weighted by Gasteiger charge is -2.07. The van der Waals surface area contributed by atoms with E-state index in [2.05, 4.69) is 10.0 Å². The Labute approximate surface area is 104 Å². The molecule has 0 aliphatic heterocycles. The molecule has 0 aromatic heterocycles. The van der Waals surface area contributed by atoms with E-state index in [-0.39, 0.29) is 18.7 Å². The second-order valence-corrected chi connectivity index (χ2v) is 5.42. The molecule has 18 heavy (non-hydrogen) atoms. The smallest absolute Gasteiger partial charge is 0.255 e. The molecule has 0 radical (unpaired) electrons. The number of amides is 1. The quantitative estimate of drug-likeness (QED) is 0.650. The Morgan fingerprint density at radius 3 is 2.61 bits per heavy atom. The van der Waals surface area contributed by atoms with Crippen LogP contribution >= 0.6 is 0 Å². The van der Waals surface area contributed by atoms with Gasteiger partial charge in [-0.05, 0) is 12.1 Å². The molecular formula is C10H13FN2O4S. The van der Waals surface area contributed by atoms with Crippen LogP contribution in [0.4, 0.5) is 4.39 Å². The average Bonchev–Trinajstić information content (AvgIpc) is 2.22. The van der Waals surface area contributed by atoms with Gasteiger partial charge in [-0.3, -0.25) is 4.79 Å². The van der Waals surface area contributed by atoms with Gasteiger partial charge in [-0.25, -0.2) is 17.5 Å². The first-order valence-corrected chi connectivity index (χ1v) is 6.90. The largest absolute Gasteiger partial charge is 0.507 e. The minimum Gasteiger partial charge on any atom is -0.507 e. The fraction of sp³-hybridized carbons (Fsp3) is 0.300. The number of sulfonamides is 1. The summed E-state index contributed by atoms with van der Waals surface area (Å²) in [5.41, 5.74) is -0.0734. The minimum atomic E-state index is -3.30. The summed E-state index contributed by atoms with van der Waals surface area (Å²) < 4.78 is 36.3. The van der Waals surface area contributed by atoms with Gasteiger partial charge in [0.05, 0.1) is 11.8 Å². The third kappa shape index (κ3) is 4.68. The van der Waals surface area contributed by atoms with Gasteiger partial charge in [0, 0.05) is 19.2 Å². The Kier molecular flexibility index (Phi) is 4.62. The predicted octanol–water partition coefficient (Wildman–Crippen LogP) is -0.190. The highest BCUT2D eigenvalue weighted by molar-refractivity contribution is 7.88. The minimum absolute atomic E-state index is 0.0343. The number of hydrogen-bond acceptors (Lipinski definition) is 4. The van der Waals surface area contributed by atoms with Crippen molar-refractivity contribution >= 4 is 15.9 Å². The van der Waals surface area contributed by atoms with Crippen LogP contribution in [-0.2, 0) is 10.0 Å². The Morgan fingerprint density at radius 1 is 1.39 bits per heavy atom. The van der Waals surface area contributed by atoms with E-state index >= 15 is 0 Å². The highest BCUT2D eigenvalue weighted by atomic mass is 32.2. The van der Waals surface area contributed by atoms with Crippen molar-refractivity contribution in [3.63, 3.8) is 0 Å². The molecule has 0 atom stereocenters. The van der Waals surface area contributed by atoms with Crippen molar-refractivity contribution in [2.24, 2.45) is 0 Å². The van der Waals surface area contributed by atoms with Crippen LogP contribution < -0.4 is 10.0 Å². The molecule has 3 N–H and O–H groups in total. The lowest BCUT2D eigenvalue weighted by molar-refractivity contribution is 0.0951. The van der Waals surface area contributed by atoms with Crippen LogP contribution in [0.15, 0.2) is 18.2 Å². The molecule has 0 saturated heterocycles. The van der Waals surface area contributed by atoms with Gasteiger partial charge in [0.1, 0.15) is 11.6 Å². The first-order chi connectivity index (χ1) is 8.29. The summed E-state index contributed by atoms with van der Waals surface area (Å²) in [4.78, 5) is 11.5. The second kappa shape index (κ2) is 5.78. The second-order valence-electron chi connectivity index (χ2n) is 3.58. The molecule has 1 rings (SSSR count). The fourth-order valence-corrected chi connectivity index (χ4v) is 1.68. The van der Waals surface area contributed by atoms with Crippen molar-refractivity contribution in [1.29, 1.82) is 0 Å². The Bertz CT molecular complexity index is 545. The average molecular weight is 276 g/mol. The van der Waals surface area contributed by atoms with Crippen LogP contribution in [0, 0.1) is 5.82 Å². The number of halogens is 1. The molecule has 0 heterocycles. The highest BCUT2D eigenvalue weighted by Crippen LogP contribution is 2.17. The SMILES string of the molecule is CS(=O)(=O)NCCNC(=O)c1ccc(F)cc1O. The van der Waals surface area contributed by atoms with E-state index < -0.39 is 27.5 Å². The maximum Gasteiger partial charge on any atom is 0.255 e. The number of rotatable bonds is 5. The van der Waals surface area contributed by atoms with E-state index in [4.69, 9.17) is 0 Å². The van der Waals surface area contributed by atoms with Crippen molar-refractivity contribution in [3.05, 3.63) is 29.6 Å². The molecule has 0 aliphatic rings. The molecule has 0 fully saturated rings. The number of phenols is 1. The van der Waals surface area contributed by atoms with Crippen molar-refractivity contribution in [2.75, 3.05) is 19.3 Å². The number of phenolic OH excluding ortho intramolecular Hbond substituents is 1. The monoisotopic (exact) mass is 276 g/mol. The zero-order chi connectivity index (χ0) is 13.8. The van der Waals surface area contributed by atoms with E-state index in [0.717, 1.165) is 24.5 Å². The number of carbonyl (C=O) groups excluding carboxylic acids is 1. The van der Waals surface area contributed by atoms with Gasteiger partial charge in [0.25, 0.3) is 5.91 Å². The van der Waals surface area contributed by atoms with Crippen LogP contribution in [0.25, 0.3) is 0 Å². The molecule has 1 aromatic carbocycles. The standard InChI is InChI=1S/C10H13FN2O4S/c1-18(16,17)13-5-4-12-10(15)8-3-2-7(11)6-9(8)14/h2-3,6,13-14H,4-5H2,1H3,(H,12,15). The van der Waals surface area contributed by atoms with E-state index in [1.54, 1.807) is 0 Å². The van der Waals surface area contributed by atoms with Crippen LogP contribution in [0.1, 0.15) is 10.4 Å². The summed E-state index contributed by atoms with van der Waals surface area (Å²) in [5, 5.41) is 11.7. The molecule has 0 saturated carbocycles. The van der Waals surface area contributed by atoms with E-state index in [1.807, 2.05) is 0 Å². The molecule has 0 unspecified atom stereocenters. The van der Waals surface area contributed by atoms with Crippen LogP contribution in [0.3, 0.4) is 0 Å². The highest BCUT2D eigenvalue weighted by Gasteiger charge is 2.11. The van der Waals surface area contributed by atoms with E-state index in [0.29, 0.717) is 0 Å². The number of benzene rings is 1. The van der Waals surface area contributed by atoms with Crippen molar-refractivity contribution in [2.45, 2.75) is 0 Å². The molecule has 1 aromatic rings. The summed E-state index contributed by atoms with van der Waals surface area (Å²) in [6, 6.07) is 3.01. The fourth-order valence-electron chi connectivity index (χ4n) is 1.20. The van der Waals surface area contributed by atoms with Crippen molar-refractivity contribution < 1.29 is 22.7 Å². The van der Waals surface area contributed by atoms with E-state index in [1.165, 1.54) is 0 Å². The summed E-state index contributed by atoms with van der Waals surface area (Å²) in [5.74, 6) is -1.73. The molecule has 8 heteroatoms. The first-order valence-electron chi connectivity index (χ1n) is 5.01. The zero-order valence-electron chi connectivity index (χ0n) is 9.60. The molecular weight excluding hydrogens is 263 g/mol. The molecule has 100 valence electrons. The zero-order valence-corrected chi connectivity index (χ0v) is 10.4. The molecule has 0 aliphatic carbocycles. The number of aromatic hydroxyl groups is 1. The van der Waals surface area contributed by atoms with Gasteiger partial charge in [0.2, 0.25) is 10.0 Å². The Morgan fingerprint density at radius 2 is 2.06 bits per heavy atom. The topological polar surface area (TPSA) is 95.5 Å². The number of carbonyl (C=O) groups is 1. The predicted molar refractivity (Wildman–Crippen MR) is 63.2 cm³/mol. The maximum atomic E-state index is 12.7. The molecule has 6 nitrogen and oxygen atoms in total. The van der Waals surface area contributed by atoms with Gasteiger partial charge in [0.15, 0.2) is 0 Å². The lowest BCUT2D eigenvalue weighted by Crippen LogP contribution is -2.34. The Balaban J connectivity index is 2.51. The first kappa shape index (κ1) is 14.4. The van der Waals surface area contributed by atoms with Crippen LogP contribution in [0.2, 0.25) is 0 Å². The number of nitrogens with one attached hydrogen (secondary N) is 2. The van der Waals surface area contributed by atoms with E-state index in [9.17, 15) is 22.7 Å². The Hall–Kier alpha value is -1.67.